The summed E-state index contributed by atoms with van der Waals surface area (Å²) in [7, 11) is 3.26. The number of carbonyl (C=O) groups is 1. The third-order valence-corrected chi connectivity index (χ3v) is 4.02. The van der Waals surface area contributed by atoms with Crippen LogP contribution in [0.5, 0.6) is 0 Å². The van der Waals surface area contributed by atoms with Crippen molar-refractivity contribution in [1.82, 2.24) is 4.90 Å². The summed E-state index contributed by atoms with van der Waals surface area (Å²) in [6, 6.07) is 1.90. The normalized spacial score (nSPS) is 10.5. The van der Waals surface area contributed by atoms with E-state index in [1.165, 1.54) is 0 Å². The molecule has 0 aliphatic heterocycles. The second kappa shape index (κ2) is 8.02. The quantitative estimate of drug-likeness (QED) is 0.691. The highest BCUT2D eigenvalue weighted by atomic mass is 127. The Labute approximate surface area is 119 Å². The van der Waals surface area contributed by atoms with Crippen molar-refractivity contribution < 1.29 is 14.3 Å². The lowest BCUT2D eigenvalue weighted by molar-refractivity contribution is 0.0628. The molecule has 0 spiro atoms. The van der Waals surface area contributed by atoms with Crippen LogP contribution in [0.4, 0.5) is 0 Å². The first-order valence-corrected chi connectivity index (χ1v) is 7.16. The van der Waals surface area contributed by atoms with Crippen LogP contribution in [0.3, 0.4) is 0 Å². The van der Waals surface area contributed by atoms with Crippen LogP contribution >= 0.6 is 33.9 Å². The van der Waals surface area contributed by atoms with Crippen molar-refractivity contribution in [1.29, 1.82) is 0 Å². The second-order valence-electron chi connectivity index (χ2n) is 3.42. The Morgan fingerprint density at radius 1 is 1.35 bits per heavy atom. The van der Waals surface area contributed by atoms with Crippen LogP contribution in [-0.4, -0.2) is 51.3 Å². The number of hydrogen-bond acceptors (Lipinski definition) is 4. The van der Waals surface area contributed by atoms with E-state index < -0.39 is 0 Å². The minimum atomic E-state index is 0.0401. The van der Waals surface area contributed by atoms with Crippen LogP contribution in [0.15, 0.2) is 11.4 Å². The fourth-order valence-electron chi connectivity index (χ4n) is 1.32. The molecule has 0 atom stereocenters. The number of halogens is 1. The maximum absolute atomic E-state index is 12.2. The Morgan fingerprint density at radius 2 is 1.94 bits per heavy atom. The van der Waals surface area contributed by atoms with Gasteiger partial charge in [0, 0.05) is 32.7 Å². The highest BCUT2D eigenvalue weighted by Gasteiger charge is 2.16. The molecule has 0 aliphatic rings. The van der Waals surface area contributed by atoms with Crippen LogP contribution in [0.1, 0.15) is 10.4 Å². The van der Waals surface area contributed by atoms with Crippen LogP contribution in [0, 0.1) is 2.88 Å². The zero-order chi connectivity index (χ0) is 12.7. The third kappa shape index (κ3) is 4.90. The number of rotatable bonds is 7. The van der Waals surface area contributed by atoms with Gasteiger partial charge in [-0.05, 0) is 28.7 Å². The molecule has 4 nitrogen and oxygen atoms in total. The van der Waals surface area contributed by atoms with Crippen molar-refractivity contribution in [3.05, 3.63) is 19.9 Å². The molecule has 1 rings (SSSR count). The minimum absolute atomic E-state index is 0.0401. The average molecular weight is 369 g/mol. The molecule has 96 valence electrons. The standard InChI is InChI=1S/C11H16INO3S/c1-15-5-3-13(4-6-16-2)11(14)9-7-10(12)17-8-9/h7-8H,3-6H2,1-2H3. The molecule has 6 heteroatoms. The fraction of sp³-hybridized carbons (Fsp3) is 0.545. The van der Waals surface area contributed by atoms with Crippen LogP contribution < -0.4 is 0 Å². The monoisotopic (exact) mass is 369 g/mol. The van der Waals surface area contributed by atoms with Crippen LogP contribution in [-0.2, 0) is 9.47 Å². The smallest absolute Gasteiger partial charge is 0.254 e. The van der Waals surface area contributed by atoms with Gasteiger partial charge in [-0.3, -0.25) is 4.79 Å². The van der Waals surface area contributed by atoms with E-state index in [-0.39, 0.29) is 5.91 Å². The number of amides is 1. The summed E-state index contributed by atoms with van der Waals surface area (Å²) in [5.74, 6) is 0.0401. The van der Waals surface area contributed by atoms with Gasteiger partial charge >= 0.3 is 0 Å². The van der Waals surface area contributed by atoms with Gasteiger partial charge in [0.2, 0.25) is 0 Å². The molecule has 17 heavy (non-hydrogen) atoms. The van der Waals surface area contributed by atoms with Crippen molar-refractivity contribution in [3.63, 3.8) is 0 Å². The zero-order valence-electron chi connectivity index (χ0n) is 9.94. The van der Waals surface area contributed by atoms with Gasteiger partial charge in [0.05, 0.1) is 21.7 Å². The number of nitrogens with zero attached hydrogens (tertiary/aromatic N) is 1. The molecule has 0 saturated heterocycles. The maximum Gasteiger partial charge on any atom is 0.254 e. The first kappa shape index (κ1) is 14.9. The summed E-state index contributed by atoms with van der Waals surface area (Å²) in [4.78, 5) is 13.9. The van der Waals surface area contributed by atoms with E-state index in [4.69, 9.17) is 9.47 Å². The molecule has 0 aliphatic carbocycles. The molecule has 0 bridgehead atoms. The first-order valence-electron chi connectivity index (χ1n) is 5.20. The molecule has 0 N–H and O–H groups in total. The van der Waals surface area contributed by atoms with Gasteiger partial charge in [-0.1, -0.05) is 0 Å². The number of carbonyl (C=O) groups excluding carboxylic acids is 1. The first-order chi connectivity index (χ1) is 8.19. The number of hydrogen-bond donors (Lipinski definition) is 0. The molecule has 1 aromatic rings. The van der Waals surface area contributed by atoms with Gasteiger partial charge in [0.1, 0.15) is 0 Å². The van der Waals surface area contributed by atoms with Crippen molar-refractivity contribution in [3.8, 4) is 0 Å². The Kier molecular flexibility index (Phi) is 7.02. The van der Waals surface area contributed by atoms with E-state index in [0.717, 1.165) is 8.45 Å². The van der Waals surface area contributed by atoms with Crippen LogP contribution in [0.25, 0.3) is 0 Å². The molecule has 1 aromatic heterocycles. The van der Waals surface area contributed by atoms with E-state index >= 15 is 0 Å². The molecule has 1 amide bonds. The van der Waals surface area contributed by atoms with Crippen molar-refractivity contribution in [2.24, 2.45) is 0 Å². The molecule has 0 saturated carbocycles. The lowest BCUT2D eigenvalue weighted by Gasteiger charge is -2.21. The number of methoxy groups -OCH3 is 2. The van der Waals surface area contributed by atoms with Crippen molar-refractivity contribution >= 4 is 39.8 Å². The van der Waals surface area contributed by atoms with Gasteiger partial charge < -0.3 is 14.4 Å². The lowest BCUT2D eigenvalue weighted by atomic mass is 10.3. The maximum atomic E-state index is 12.2. The summed E-state index contributed by atoms with van der Waals surface area (Å²) >= 11 is 3.79. The summed E-state index contributed by atoms with van der Waals surface area (Å²) in [5.41, 5.74) is 0.742. The average Bonchev–Trinajstić information content (AvgIpc) is 2.75. The summed E-state index contributed by atoms with van der Waals surface area (Å²) < 4.78 is 11.1. The molecular formula is C11H16INO3S. The van der Waals surface area contributed by atoms with Gasteiger partial charge in [-0.25, -0.2) is 0 Å². The largest absolute Gasteiger partial charge is 0.383 e. The summed E-state index contributed by atoms with van der Waals surface area (Å²) in [6.45, 7) is 2.25. The summed E-state index contributed by atoms with van der Waals surface area (Å²) in [6.07, 6.45) is 0. The van der Waals surface area contributed by atoms with Gasteiger partial charge in [-0.15, -0.1) is 11.3 Å². The molecule has 1 heterocycles. The zero-order valence-corrected chi connectivity index (χ0v) is 12.9. The highest BCUT2D eigenvalue weighted by molar-refractivity contribution is 14.1. The fourth-order valence-corrected chi connectivity index (χ4v) is 2.64. The van der Waals surface area contributed by atoms with E-state index in [1.807, 2.05) is 11.4 Å². The Bertz CT molecular complexity index is 348. The minimum Gasteiger partial charge on any atom is -0.383 e. The summed E-state index contributed by atoms with van der Waals surface area (Å²) in [5, 5.41) is 1.89. The topological polar surface area (TPSA) is 38.8 Å². The van der Waals surface area contributed by atoms with Crippen molar-refractivity contribution in [2.75, 3.05) is 40.5 Å². The Hall–Kier alpha value is -0.180. The molecule has 0 aromatic carbocycles. The molecule has 0 radical (unpaired) electrons. The van der Waals surface area contributed by atoms with E-state index in [0.29, 0.717) is 26.3 Å². The third-order valence-electron chi connectivity index (χ3n) is 2.23. The lowest BCUT2D eigenvalue weighted by Crippen LogP contribution is -2.36. The van der Waals surface area contributed by atoms with Gasteiger partial charge in [-0.2, -0.15) is 0 Å². The van der Waals surface area contributed by atoms with Crippen LogP contribution in [0.2, 0.25) is 0 Å². The Morgan fingerprint density at radius 3 is 2.35 bits per heavy atom. The van der Waals surface area contributed by atoms with E-state index in [2.05, 4.69) is 22.6 Å². The molecule has 0 fully saturated rings. The predicted octanol–water partition coefficient (Wildman–Crippen LogP) is 2.09. The molecular weight excluding hydrogens is 353 g/mol. The van der Waals surface area contributed by atoms with E-state index in [9.17, 15) is 4.79 Å². The number of ether oxygens (including phenoxy) is 2. The second-order valence-corrected chi connectivity index (χ2v) is 6.22. The Balaban J connectivity index is 2.64. The van der Waals surface area contributed by atoms with Gasteiger partial charge in [0.15, 0.2) is 0 Å². The molecule has 0 unspecified atom stereocenters. The highest BCUT2D eigenvalue weighted by Crippen LogP contribution is 2.18. The van der Waals surface area contributed by atoms with E-state index in [1.54, 1.807) is 30.5 Å². The van der Waals surface area contributed by atoms with Gasteiger partial charge in [0.25, 0.3) is 5.91 Å². The predicted molar refractivity (Wildman–Crippen MR) is 76.7 cm³/mol. The number of thiophene rings is 1. The van der Waals surface area contributed by atoms with Crippen molar-refractivity contribution in [2.45, 2.75) is 0 Å². The SMILES string of the molecule is COCCN(CCOC)C(=O)c1csc(I)c1.